The van der Waals surface area contributed by atoms with Crippen molar-refractivity contribution < 1.29 is 27.5 Å². The van der Waals surface area contributed by atoms with E-state index in [4.69, 9.17) is 0 Å². The van der Waals surface area contributed by atoms with Crippen LogP contribution in [0.25, 0.3) is 0 Å². The molecule has 0 saturated heterocycles. The predicted octanol–water partition coefficient (Wildman–Crippen LogP) is 1.48. The highest BCUT2D eigenvalue weighted by Gasteiger charge is 2.46. The van der Waals surface area contributed by atoms with Crippen molar-refractivity contribution >= 4 is 11.8 Å². The fraction of sp³-hybridized carbons (Fsp3) is 0.500. The van der Waals surface area contributed by atoms with Crippen LogP contribution < -0.4 is 0 Å². The SMILES string of the molecule is C=CC(=O)CC(C(=O)OC)C(F)(F)F. The lowest BCUT2D eigenvalue weighted by molar-refractivity contribution is -0.197. The molecule has 0 aliphatic carbocycles. The Kier molecular flexibility index (Phi) is 4.33. The first-order valence-electron chi connectivity index (χ1n) is 3.62. The van der Waals surface area contributed by atoms with E-state index >= 15 is 0 Å². The number of rotatable bonds is 4. The molecule has 0 aliphatic rings. The van der Waals surface area contributed by atoms with Crippen molar-refractivity contribution in [1.82, 2.24) is 0 Å². The van der Waals surface area contributed by atoms with Crippen LogP contribution in [0.4, 0.5) is 13.2 Å². The third-order valence-corrected chi connectivity index (χ3v) is 1.51. The molecule has 0 saturated carbocycles. The van der Waals surface area contributed by atoms with Crippen molar-refractivity contribution in [2.24, 2.45) is 5.92 Å². The second-order valence-electron chi connectivity index (χ2n) is 2.49. The number of hydrogen-bond acceptors (Lipinski definition) is 3. The monoisotopic (exact) mass is 210 g/mol. The second-order valence-corrected chi connectivity index (χ2v) is 2.49. The number of ether oxygens (including phenoxy) is 1. The van der Waals surface area contributed by atoms with Crippen LogP contribution in [0.3, 0.4) is 0 Å². The Hall–Kier alpha value is -1.33. The molecule has 1 unspecified atom stereocenters. The minimum Gasteiger partial charge on any atom is -0.469 e. The lowest BCUT2D eigenvalue weighted by Crippen LogP contribution is -2.33. The van der Waals surface area contributed by atoms with E-state index in [-0.39, 0.29) is 0 Å². The highest BCUT2D eigenvalue weighted by Crippen LogP contribution is 2.30. The largest absolute Gasteiger partial charge is 0.469 e. The Labute approximate surface area is 78.5 Å². The normalized spacial score (nSPS) is 13.1. The van der Waals surface area contributed by atoms with Crippen molar-refractivity contribution in [3.05, 3.63) is 12.7 Å². The third-order valence-electron chi connectivity index (χ3n) is 1.51. The molecule has 3 nitrogen and oxygen atoms in total. The van der Waals surface area contributed by atoms with E-state index in [1.54, 1.807) is 0 Å². The van der Waals surface area contributed by atoms with E-state index in [9.17, 15) is 22.8 Å². The molecular formula is C8H9F3O3. The molecule has 0 heterocycles. The average molecular weight is 210 g/mol. The summed E-state index contributed by atoms with van der Waals surface area (Å²) in [6.45, 7) is 3.01. The number of carbonyl (C=O) groups is 2. The minimum atomic E-state index is -4.77. The molecule has 0 rings (SSSR count). The van der Waals surface area contributed by atoms with E-state index in [0.29, 0.717) is 0 Å². The zero-order chi connectivity index (χ0) is 11.4. The van der Waals surface area contributed by atoms with Crippen molar-refractivity contribution in [1.29, 1.82) is 0 Å². The maximum absolute atomic E-state index is 12.2. The first-order chi connectivity index (χ1) is 6.32. The van der Waals surface area contributed by atoms with Gasteiger partial charge in [-0.05, 0) is 6.08 Å². The Balaban J connectivity index is 4.65. The van der Waals surface area contributed by atoms with Gasteiger partial charge in [-0.3, -0.25) is 9.59 Å². The molecule has 0 fully saturated rings. The summed E-state index contributed by atoms with van der Waals surface area (Å²) in [6, 6.07) is 0. The molecule has 0 radical (unpaired) electrons. The molecule has 1 atom stereocenters. The van der Waals surface area contributed by atoms with Crippen molar-refractivity contribution in [2.45, 2.75) is 12.6 Å². The quantitative estimate of drug-likeness (QED) is 0.521. The Morgan fingerprint density at radius 3 is 2.29 bits per heavy atom. The van der Waals surface area contributed by atoms with Crippen LogP contribution in [-0.2, 0) is 14.3 Å². The van der Waals surface area contributed by atoms with Gasteiger partial charge < -0.3 is 4.74 Å². The van der Waals surface area contributed by atoms with E-state index < -0.39 is 30.3 Å². The average Bonchev–Trinajstić information content (AvgIpc) is 2.10. The standard InChI is InChI=1S/C8H9F3O3/c1-3-5(12)4-6(7(13)14-2)8(9,10)11/h3,6H,1,4H2,2H3. The maximum Gasteiger partial charge on any atom is 0.402 e. The maximum atomic E-state index is 12.2. The zero-order valence-electron chi connectivity index (χ0n) is 7.43. The van der Waals surface area contributed by atoms with Gasteiger partial charge in [0, 0.05) is 6.42 Å². The fourth-order valence-electron chi connectivity index (χ4n) is 0.759. The van der Waals surface area contributed by atoms with Crippen LogP contribution in [0.2, 0.25) is 0 Å². The fourth-order valence-corrected chi connectivity index (χ4v) is 0.759. The molecule has 0 spiro atoms. The molecule has 0 aromatic rings. The summed E-state index contributed by atoms with van der Waals surface area (Å²) in [6.07, 6.45) is -4.99. The molecule has 14 heavy (non-hydrogen) atoms. The summed E-state index contributed by atoms with van der Waals surface area (Å²) in [5.41, 5.74) is 0. The molecule has 80 valence electrons. The number of alkyl halides is 3. The smallest absolute Gasteiger partial charge is 0.402 e. The Bertz CT molecular complexity index is 245. The Morgan fingerprint density at radius 2 is 2.00 bits per heavy atom. The van der Waals surface area contributed by atoms with Gasteiger partial charge in [0.05, 0.1) is 7.11 Å². The van der Waals surface area contributed by atoms with Crippen LogP contribution in [-0.4, -0.2) is 25.0 Å². The topological polar surface area (TPSA) is 43.4 Å². The summed E-state index contributed by atoms with van der Waals surface area (Å²) >= 11 is 0. The molecule has 0 bridgehead atoms. The number of allylic oxidation sites excluding steroid dienone is 1. The van der Waals surface area contributed by atoms with Gasteiger partial charge in [-0.25, -0.2) is 0 Å². The van der Waals surface area contributed by atoms with Gasteiger partial charge in [0.2, 0.25) is 0 Å². The third kappa shape index (κ3) is 3.59. The number of halogens is 3. The minimum absolute atomic E-state index is 0.738. The van der Waals surface area contributed by atoms with Gasteiger partial charge in [0.15, 0.2) is 11.7 Å². The van der Waals surface area contributed by atoms with Crippen LogP contribution in [0, 0.1) is 5.92 Å². The lowest BCUT2D eigenvalue weighted by Gasteiger charge is -2.16. The summed E-state index contributed by atoms with van der Waals surface area (Å²) < 4.78 is 40.4. The first-order valence-corrected chi connectivity index (χ1v) is 3.62. The summed E-state index contributed by atoms with van der Waals surface area (Å²) in [7, 11) is 0.833. The van der Waals surface area contributed by atoms with Crippen molar-refractivity contribution in [3.8, 4) is 0 Å². The molecule has 0 N–H and O–H groups in total. The number of methoxy groups -OCH3 is 1. The molecule has 0 aromatic carbocycles. The lowest BCUT2D eigenvalue weighted by atomic mass is 10.0. The van der Waals surface area contributed by atoms with Crippen LogP contribution in [0.15, 0.2) is 12.7 Å². The molecular weight excluding hydrogens is 201 g/mol. The Morgan fingerprint density at radius 1 is 1.50 bits per heavy atom. The number of ketones is 1. The van der Waals surface area contributed by atoms with Crippen LogP contribution in [0.1, 0.15) is 6.42 Å². The summed E-state index contributed by atoms with van der Waals surface area (Å²) in [4.78, 5) is 21.3. The first kappa shape index (κ1) is 12.7. The van der Waals surface area contributed by atoms with E-state index in [1.807, 2.05) is 0 Å². The van der Waals surface area contributed by atoms with Gasteiger partial charge >= 0.3 is 12.1 Å². The van der Waals surface area contributed by atoms with Gasteiger partial charge in [-0.15, -0.1) is 0 Å². The molecule has 0 amide bonds. The highest BCUT2D eigenvalue weighted by atomic mass is 19.4. The van der Waals surface area contributed by atoms with Crippen molar-refractivity contribution in [2.75, 3.05) is 7.11 Å². The second kappa shape index (κ2) is 4.78. The predicted molar refractivity (Wildman–Crippen MR) is 41.4 cm³/mol. The highest BCUT2D eigenvalue weighted by molar-refractivity contribution is 5.92. The van der Waals surface area contributed by atoms with E-state index in [1.165, 1.54) is 0 Å². The summed E-state index contributed by atoms with van der Waals surface area (Å²) in [5.74, 6) is -4.72. The van der Waals surface area contributed by atoms with Gasteiger partial charge in [0.25, 0.3) is 0 Å². The number of hydrogen-bond donors (Lipinski definition) is 0. The molecule has 0 aromatic heterocycles. The number of esters is 1. The van der Waals surface area contributed by atoms with Gasteiger partial charge in [-0.1, -0.05) is 6.58 Å². The zero-order valence-corrected chi connectivity index (χ0v) is 7.43. The van der Waals surface area contributed by atoms with Crippen LogP contribution in [0.5, 0.6) is 0 Å². The van der Waals surface area contributed by atoms with Gasteiger partial charge in [0.1, 0.15) is 0 Å². The van der Waals surface area contributed by atoms with Gasteiger partial charge in [-0.2, -0.15) is 13.2 Å². The number of carbonyl (C=O) groups excluding carboxylic acids is 2. The molecule has 0 aliphatic heterocycles. The van der Waals surface area contributed by atoms with Crippen LogP contribution >= 0.6 is 0 Å². The molecule has 6 heteroatoms. The van der Waals surface area contributed by atoms with Crippen molar-refractivity contribution in [3.63, 3.8) is 0 Å². The van der Waals surface area contributed by atoms with E-state index in [0.717, 1.165) is 13.2 Å². The summed E-state index contributed by atoms with van der Waals surface area (Å²) in [5, 5.41) is 0. The van der Waals surface area contributed by atoms with E-state index in [2.05, 4.69) is 11.3 Å².